The first-order chi connectivity index (χ1) is 13.6. The van der Waals surface area contributed by atoms with Crippen LogP contribution in [-0.4, -0.2) is 19.6 Å². The molecule has 0 aliphatic heterocycles. The molecular formula is C24H25NO3. The van der Waals surface area contributed by atoms with Crippen LogP contribution in [0.1, 0.15) is 24.1 Å². The second-order valence-electron chi connectivity index (χ2n) is 6.66. The standard InChI is InChI=1S/C24H25NO3/c1-4-7-18-10-13-22(23(14-18)27-3)28-16-24(26)25-17(2)20-12-11-19-8-5-6-9-21(19)15-20/h4-6,8-15,17H,1,7,16H2,2-3H3,(H,25,26). The summed E-state index contributed by atoms with van der Waals surface area (Å²) < 4.78 is 11.0. The molecule has 0 bridgehead atoms. The van der Waals surface area contributed by atoms with E-state index >= 15 is 0 Å². The predicted molar refractivity (Wildman–Crippen MR) is 113 cm³/mol. The molecule has 4 heteroatoms. The van der Waals surface area contributed by atoms with Gasteiger partial charge in [0.15, 0.2) is 18.1 Å². The van der Waals surface area contributed by atoms with E-state index in [2.05, 4.69) is 36.2 Å². The van der Waals surface area contributed by atoms with Gasteiger partial charge in [0, 0.05) is 0 Å². The highest BCUT2D eigenvalue weighted by Crippen LogP contribution is 2.28. The van der Waals surface area contributed by atoms with Gasteiger partial charge in [0.1, 0.15) is 0 Å². The highest BCUT2D eigenvalue weighted by molar-refractivity contribution is 5.83. The Bertz CT molecular complexity index is 981. The third-order valence-electron chi connectivity index (χ3n) is 4.62. The molecule has 3 aromatic rings. The molecule has 0 saturated carbocycles. The molecule has 1 atom stereocenters. The summed E-state index contributed by atoms with van der Waals surface area (Å²) in [5.41, 5.74) is 2.13. The summed E-state index contributed by atoms with van der Waals surface area (Å²) in [6.07, 6.45) is 2.58. The van der Waals surface area contributed by atoms with Crippen molar-refractivity contribution in [2.24, 2.45) is 0 Å². The van der Waals surface area contributed by atoms with Crippen LogP contribution in [0.2, 0.25) is 0 Å². The van der Waals surface area contributed by atoms with Gasteiger partial charge >= 0.3 is 0 Å². The van der Waals surface area contributed by atoms with Crippen molar-refractivity contribution >= 4 is 16.7 Å². The van der Waals surface area contributed by atoms with Crippen LogP contribution in [0, 0.1) is 0 Å². The van der Waals surface area contributed by atoms with Crippen LogP contribution in [-0.2, 0) is 11.2 Å². The largest absolute Gasteiger partial charge is 0.493 e. The second-order valence-corrected chi connectivity index (χ2v) is 6.66. The SMILES string of the molecule is C=CCc1ccc(OCC(=O)NC(C)c2ccc3ccccc3c2)c(OC)c1. The van der Waals surface area contributed by atoms with Gasteiger partial charge in [-0.05, 0) is 53.4 Å². The number of allylic oxidation sites excluding steroid dienone is 1. The van der Waals surface area contributed by atoms with E-state index in [4.69, 9.17) is 9.47 Å². The molecule has 0 spiro atoms. The van der Waals surface area contributed by atoms with Crippen molar-refractivity contribution in [1.29, 1.82) is 0 Å². The maximum Gasteiger partial charge on any atom is 0.258 e. The monoisotopic (exact) mass is 375 g/mol. The van der Waals surface area contributed by atoms with Gasteiger partial charge in [-0.15, -0.1) is 6.58 Å². The van der Waals surface area contributed by atoms with E-state index in [1.54, 1.807) is 7.11 Å². The Balaban J connectivity index is 1.61. The molecule has 1 unspecified atom stereocenters. The lowest BCUT2D eigenvalue weighted by Gasteiger charge is -2.16. The van der Waals surface area contributed by atoms with Crippen molar-refractivity contribution in [3.8, 4) is 11.5 Å². The maximum atomic E-state index is 12.3. The number of fused-ring (bicyclic) bond motifs is 1. The first kappa shape index (κ1) is 19.5. The van der Waals surface area contributed by atoms with Crippen molar-refractivity contribution in [1.82, 2.24) is 5.32 Å². The molecule has 0 aromatic heterocycles. The average molecular weight is 375 g/mol. The van der Waals surface area contributed by atoms with Crippen molar-refractivity contribution in [3.63, 3.8) is 0 Å². The van der Waals surface area contributed by atoms with E-state index in [-0.39, 0.29) is 18.6 Å². The third kappa shape index (κ3) is 4.71. The second kappa shape index (κ2) is 9.09. The number of nitrogens with one attached hydrogen (secondary N) is 1. The Morgan fingerprint density at radius 3 is 2.61 bits per heavy atom. The Morgan fingerprint density at radius 1 is 1.07 bits per heavy atom. The topological polar surface area (TPSA) is 47.6 Å². The highest BCUT2D eigenvalue weighted by atomic mass is 16.5. The van der Waals surface area contributed by atoms with E-state index in [9.17, 15) is 4.79 Å². The Morgan fingerprint density at radius 2 is 1.86 bits per heavy atom. The zero-order valence-electron chi connectivity index (χ0n) is 16.3. The fraction of sp³-hybridized carbons (Fsp3) is 0.208. The molecule has 0 heterocycles. The van der Waals surface area contributed by atoms with Crippen LogP contribution in [0.5, 0.6) is 11.5 Å². The van der Waals surface area contributed by atoms with E-state index < -0.39 is 0 Å². The van der Waals surface area contributed by atoms with Crippen molar-refractivity contribution in [2.45, 2.75) is 19.4 Å². The first-order valence-electron chi connectivity index (χ1n) is 9.29. The fourth-order valence-electron chi connectivity index (χ4n) is 3.11. The van der Waals surface area contributed by atoms with Gasteiger partial charge in [-0.3, -0.25) is 4.79 Å². The molecule has 144 valence electrons. The van der Waals surface area contributed by atoms with E-state index in [1.165, 1.54) is 5.39 Å². The number of methoxy groups -OCH3 is 1. The molecule has 0 radical (unpaired) electrons. The molecule has 4 nitrogen and oxygen atoms in total. The molecule has 3 aromatic carbocycles. The summed E-state index contributed by atoms with van der Waals surface area (Å²) in [7, 11) is 1.59. The van der Waals surface area contributed by atoms with Gasteiger partial charge in [0.05, 0.1) is 13.2 Å². The van der Waals surface area contributed by atoms with Gasteiger partial charge in [-0.1, -0.05) is 48.5 Å². The summed E-state index contributed by atoms with van der Waals surface area (Å²) in [5, 5.41) is 5.32. The molecule has 1 amide bonds. The zero-order valence-corrected chi connectivity index (χ0v) is 16.3. The quantitative estimate of drug-likeness (QED) is 0.574. The minimum atomic E-state index is -0.183. The summed E-state index contributed by atoms with van der Waals surface area (Å²) in [6, 6.07) is 19.9. The van der Waals surface area contributed by atoms with Crippen LogP contribution < -0.4 is 14.8 Å². The van der Waals surface area contributed by atoms with Gasteiger partial charge in [-0.2, -0.15) is 0 Å². The molecule has 3 rings (SSSR count). The van der Waals surface area contributed by atoms with Gasteiger partial charge in [0.25, 0.3) is 5.91 Å². The number of ether oxygens (including phenoxy) is 2. The minimum absolute atomic E-state index is 0.0743. The average Bonchev–Trinajstić information content (AvgIpc) is 2.72. The lowest BCUT2D eigenvalue weighted by molar-refractivity contribution is -0.123. The fourth-order valence-corrected chi connectivity index (χ4v) is 3.11. The third-order valence-corrected chi connectivity index (χ3v) is 4.62. The van der Waals surface area contributed by atoms with Crippen molar-refractivity contribution in [2.75, 3.05) is 13.7 Å². The van der Waals surface area contributed by atoms with Crippen LogP contribution in [0.25, 0.3) is 10.8 Å². The number of carbonyl (C=O) groups excluding carboxylic acids is 1. The van der Waals surface area contributed by atoms with Crippen molar-refractivity contribution < 1.29 is 14.3 Å². The smallest absolute Gasteiger partial charge is 0.258 e. The molecule has 0 saturated heterocycles. The Hall–Kier alpha value is -3.27. The lowest BCUT2D eigenvalue weighted by atomic mass is 10.0. The highest BCUT2D eigenvalue weighted by Gasteiger charge is 2.12. The molecule has 0 fully saturated rings. The van der Waals surface area contributed by atoms with Crippen LogP contribution >= 0.6 is 0 Å². The number of rotatable bonds is 8. The molecule has 28 heavy (non-hydrogen) atoms. The molecule has 1 N–H and O–H groups in total. The molecule has 0 aliphatic rings. The van der Waals surface area contributed by atoms with E-state index in [0.29, 0.717) is 11.5 Å². The number of benzene rings is 3. The van der Waals surface area contributed by atoms with Gasteiger partial charge in [0.2, 0.25) is 0 Å². The Labute approximate surface area is 165 Å². The summed E-state index contributed by atoms with van der Waals surface area (Å²) in [6.45, 7) is 5.63. The maximum absolute atomic E-state index is 12.3. The summed E-state index contributed by atoms with van der Waals surface area (Å²) in [5.74, 6) is 0.969. The first-order valence-corrected chi connectivity index (χ1v) is 9.29. The Kier molecular flexibility index (Phi) is 6.33. The zero-order chi connectivity index (χ0) is 19.9. The number of carbonyl (C=O) groups is 1. The normalized spacial score (nSPS) is 11.6. The summed E-state index contributed by atoms with van der Waals surface area (Å²) in [4.78, 5) is 12.3. The van der Waals surface area contributed by atoms with E-state index in [0.717, 1.165) is 22.9 Å². The van der Waals surface area contributed by atoms with Crippen LogP contribution in [0.4, 0.5) is 0 Å². The molecular weight excluding hydrogens is 350 g/mol. The number of hydrogen-bond acceptors (Lipinski definition) is 3. The van der Waals surface area contributed by atoms with Crippen molar-refractivity contribution in [3.05, 3.63) is 84.4 Å². The van der Waals surface area contributed by atoms with Crippen LogP contribution in [0.3, 0.4) is 0 Å². The number of hydrogen-bond donors (Lipinski definition) is 1. The van der Waals surface area contributed by atoms with Crippen LogP contribution in [0.15, 0.2) is 73.3 Å². The van der Waals surface area contributed by atoms with Gasteiger partial charge in [-0.25, -0.2) is 0 Å². The molecule has 0 aliphatic carbocycles. The van der Waals surface area contributed by atoms with Gasteiger partial charge < -0.3 is 14.8 Å². The lowest BCUT2D eigenvalue weighted by Crippen LogP contribution is -2.31. The summed E-state index contributed by atoms with van der Waals surface area (Å²) >= 11 is 0. The minimum Gasteiger partial charge on any atom is -0.493 e. The van der Waals surface area contributed by atoms with E-state index in [1.807, 2.05) is 49.4 Å². The predicted octanol–water partition coefficient (Wildman–Crippen LogP) is 4.83. The number of amides is 1.